The summed E-state index contributed by atoms with van der Waals surface area (Å²) in [5.41, 5.74) is 14.2. The molecular weight excluding hydrogens is 433 g/mol. The van der Waals surface area contributed by atoms with E-state index < -0.39 is 11.7 Å². The standard InChI is InChI=1S/C24H25F3N4O2/c25-24(26,27)16-8-6-14(7-9-16)13-33-20-5-1-4-19(32)21(20)18-11-17(22(28)23(29)31-18)15-3-2-10-30-12-15/h1,4-9,11,15,30,32H,2-3,10,12-13,28H2,(H2,29,31). The van der Waals surface area contributed by atoms with Crippen LogP contribution in [0.15, 0.2) is 48.5 Å². The highest BCUT2D eigenvalue weighted by Gasteiger charge is 2.30. The Hall–Kier alpha value is -3.46. The third-order valence-electron chi connectivity index (χ3n) is 5.79. The molecule has 1 aliphatic heterocycles. The van der Waals surface area contributed by atoms with Crippen molar-refractivity contribution in [2.75, 3.05) is 24.6 Å². The lowest BCUT2D eigenvalue weighted by Crippen LogP contribution is -2.29. The quantitative estimate of drug-likeness (QED) is 0.442. The highest BCUT2D eigenvalue weighted by atomic mass is 19.4. The van der Waals surface area contributed by atoms with Crippen LogP contribution in [0.3, 0.4) is 0 Å². The van der Waals surface area contributed by atoms with E-state index in [1.54, 1.807) is 12.1 Å². The van der Waals surface area contributed by atoms with Crippen LogP contribution in [0, 0.1) is 0 Å². The predicted molar refractivity (Wildman–Crippen MR) is 121 cm³/mol. The molecule has 1 atom stereocenters. The molecule has 0 bridgehead atoms. The van der Waals surface area contributed by atoms with Gasteiger partial charge in [0, 0.05) is 6.54 Å². The minimum atomic E-state index is -4.40. The van der Waals surface area contributed by atoms with E-state index in [2.05, 4.69) is 10.3 Å². The van der Waals surface area contributed by atoms with E-state index in [0.717, 1.165) is 43.6 Å². The zero-order valence-corrected chi connectivity index (χ0v) is 17.8. The fourth-order valence-electron chi connectivity index (χ4n) is 4.03. The second-order valence-electron chi connectivity index (χ2n) is 8.07. The minimum Gasteiger partial charge on any atom is -0.507 e. The number of anilines is 2. The van der Waals surface area contributed by atoms with Crippen LogP contribution in [0.2, 0.25) is 0 Å². The summed E-state index contributed by atoms with van der Waals surface area (Å²) in [7, 11) is 0. The minimum absolute atomic E-state index is 0.0123. The lowest BCUT2D eigenvalue weighted by molar-refractivity contribution is -0.137. The van der Waals surface area contributed by atoms with Crippen molar-refractivity contribution in [3.63, 3.8) is 0 Å². The van der Waals surface area contributed by atoms with Crippen molar-refractivity contribution in [2.45, 2.75) is 31.5 Å². The summed E-state index contributed by atoms with van der Waals surface area (Å²) in [5.74, 6) is 0.624. The smallest absolute Gasteiger partial charge is 0.416 e. The first-order valence-electron chi connectivity index (χ1n) is 10.6. The molecule has 9 heteroatoms. The fourth-order valence-corrected chi connectivity index (χ4v) is 4.03. The Bertz CT molecular complexity index is 1130. The monoisotopic (exact) mass is 458 g/mol. The number of alkyl halides is 3. The van der Waals surface area contributed by atoms with Gasteiger partial charge < -0.3 is 26.6 Å². The van der Waals surface area contributed by atoms with E-state index in [9.17, 15) is 18.3 Å². The Morgan fingerprint density at radius 1 is 1.12 bits per heavy atom. The fraction of sp³-hybridized carbons (Fsp3) is 0.292. The van der Waals surface area contributed by atoms with Gasteiger partial charge in [-0.05, 0) is 66.8 Å². The Morgan fingerprint density at radius 2 is 1.88 bits per heavy atom. The highest BCUT2D eigenvalue weighted by Crippen LogP contribution is 2.41. The highest BCUT2D eigenvalue weighted by molar-refractivity contribution is 5.78. The van der Waals surface area contributed by atoms with E-state index in [1.807, 2.05) is 6.07 Å². The number of nitrogens with zero attached hydrogens (tertiary/aromatic N) is 1. The molecule has 3 aromatic rings. The van der Waals surface area contributed by atoms with Gasteiger partial charge in [0.2, 0.25) is 0 Å². The van der Waals surface area contributed by atoms with Crippen LogP contribution in [0.1, 0.15) is 35.4 Å². The summed E-state index contributed by atoms with van der Waals surface area (Å²) in [6, 6.07) is 11.4. The van der Waals surface area contributed by atoms with Crippen molar-refractivity contribution in [3.05, 3.63) is 65.2 Å². The zero-order valence-electron chi connectivity index (χ0n) is 17.8. The molecule has 33 heavy (non-hydrogen) atoms. The van der Waals surface area contributed by atoms with Crippen LogP contribution < -0.4 is 21.5 Å². The van der Waals surface area contributed by atoms with Gasteiger partial charge in [-0.1, -0.05) is 18.2 Å². The predicted octanol–water partition coefficient (Wildman–Crippen LogP) is 4.68. The van der Waals surface area contributed by atoms with Crippen molar-refractivity contribution in [1.29, 1.82) is 0 Å². The van der Waals surface area contributed by atoms with Crippen molar-refractivity contribution in [3.8, 4) is 22.8 Å². The molecule has 0 amide bonds. The molecule has 4 rings (SSSR count). The molecule has 0 spiro atoms. The molecule has 1 fully saturated rings. The van der Waals surface area contributed by atoms with Crippen molar-refractivity contribution >= 4 is 11.5 Å². The first kappa shape index (κ1) is 22.7. The number of pyridine rings is 1. The molecule has 2 aromatic carbocycles. The Labute approximate surface area is 189 Å². The summed E-state index contributed by atoms with van der Waals surface area (Å²) in [6.45, 7) is 1.73. The van der Waals surface area contributed by atoms with Crippen LogP contribution >= 0.6 is 0 Å². The van der Waals surface area contributed by atoms with E-state index in [4.69, 9.17) is 16.2 Å². The van der Waals surface area contributed by atoms with Crippen LogP contribution in [0.5, 0.6) is 11.5 Å². The molecule has 0 radical (unpaired) electrons. The summed E-state index contributed by atoms with van der Waals surface area (Å²) in [4.78, 5) is 4.38. The third kappa shape index (κ3) is 4.98. The molecule has 1 aromatic heterocycles. The third-order valence-corrected chi connectivity index (χ3v) is 5.79. The topological polar surface area (TPSA) is 106 Å². The normalized spacial score (nSPS) is 16.5. The van der Waals surface area contributed by atoms with E-state index >= 15 is 0 Å². The van der Waals surface area contributed by atoms with Gasteiger partial charge in [0.15, 0.2) is 0 Å². The maximum absolute atomic E-state index is 12.8. The van der Waals surface area contributed by atoms with Crippen molar-refractivity contribution in [1.82, 2.24) is 10.3 Å². The molecule has 0 saturated carbocycles. The molecule has 2 heterocycles. The SMILES string of the molecule is Nc1nc(-c2c(O)cccc2OCc2ccc(C(F)(F)F)cc2)cc(C2CCCNC2)c1N. The molecule has 1 unspecified atom stereocenters. The van der Waals surface area contributed by atoms with Crippen LogP contribution in [0.25, 0.3) is 11.3 Å². The molecule has 1 aliphatic rings. The number of nitrogens with one attached hydrogen (secondary N) is 1. The summed E-state index contributed by atoms with van der Waals surface area (Å²) in [6.07, 6.45) is -2.43. The average Bonchev–Trinajstić information content (AvgIpc) is 2.80. The van der Waals surface area contributed by atoms with Gasteiger partial charge in [0.1, 0.15) is 23.9 Å². The maximum atomic E-state index is 12.8. The molecule has 0 aliphatic carbocycles. The number of aromatic hydroxyl groups is 1. The summed E-state index contributed by atoms with van der Waals surface area (Å²) >= 11 is 0. The lowest BCUT2D eigenvalue weighted by atomic mass is 9.89. The van der Waals surface area contributed by atoms with Gasteiger partial charge in [-0.3, -0.25) is 0 Å². The molecular formula is C24H25F3N4O2. The first-order chi connectivity index (χ1) is 15.7. The maximum Gasteiger partial charge on any atom is 0.416 e. The van der Waals surface area contributed by atoms with Crippen LogP contribution in [0.4, 0.5) is 24.7 Å². The largest absolute Gasteiger partial charge is 0.507 e. The molecule has 1 saturated heterocycles. The summed E-state index contributed by atoms with van der Waals surface area (Å²) in [5, 5.41) is 14.0. The number of hydrogen-bond acceptors (Lipinski definition) is 6. The number of rotatable bonds is 5. The molecule has 6 nitrogen and oxygen atoms in total. The second kappa shape index (κ2) is 9.19. The Balaban J connectivity index is 1.64. The molecule has 6 N–H and O–H groups in total. The number of phenolic OH excluding ortho intramolecular Hbond substituents is 1. The van der Waals surface area contributed by atoms with Gasteiger partial charge in [-0.25, -0.2) is 4.98 Å². The van der Waals surface area contributed by atoms with Gasteiger partial charge in [0.05, 0.1) is 22.5 Å². The molecule has 174 valence electrons. The number of aromatic nitrogens is 1. The zero-order chi connectivity index (χ0) is 23.6. The number of hydrogen-bond donors (Lipinski definition) is 4. The number of piperidine rings is 1. The Morgan fingerprint density at radius 3 is 2.55 bits per heavy atom. The number of benzene rings is 2. The van der Waals surface area contributed by atoms with Gasteiger partial charge in [-0.15, -0.1) is 0 Å². The lowest BCUT2D eigenvalue weighted by Gasteiger charge is -2.25. The van der Waals surface area contributed by atoms with E-state index in [-0.39, 0.29) is 24.1 Å². The van der Waals surface area contributed by atoms with Crippen LogP contribution in [-0.2, 0) is 12.8 Å². The van der Waals surface area contributed by atoms with E-state index in [1.165, 1.54) is 18.2 Å². The summed E-state index contributed by atoms with van der Waals surface area (Å²) < 4.78 is 44.3. The van der Waals surface area contributed by atoms with Gasteiger partial charge >= 0.3 is 6.18 Å². The van der Waals surface area contributed by atoms with Crippen molar-refractivity contribution in [2.24, 2.45) is 0 Å². The number of nitrogen functional groups attached to an aromatic ring is 2. The van der Waals surface area contributed by atoms with Crippen molar-refractivity contribution < 1.29 is 23.0 Å². The van der Waals surface area contributed by atoms with Crippen LogP contribution in [-0.4, -0.2) is 23.2 Å². The average molecular weight is 458 g/mol. The number of halogens is 3. The number of nitrogens with two attached hydrogens (primary N) is 2. The van der Waals surface area contributed by atoms with Gasteiger partial charge in [-0.2, -0.15) is 13.2 Å². The first-order valence-corrected chi connectivity index (χ1v) is 10.6. The Kier molecular flexibility index (Phi) is 6.33. The van der Waals surface area contributed by atoms with Gasteiger partial charge in [0.25, 0.3) is 0 Å². The number of ether oxygens (including phenoxy) is 1. The second-order valence-corrected chi connectivity index (χ2v) is 8.07. The number of phenols is 1. The van der Waals surface area contributed by atoms with E-state index in [0.29, 0.717) is 28.3 Å².